The summed E-state index contributed by atoms with van der Waals surface area (Å²) in [6.45, 7) is 1.33. The van der Waals surface area contributed by atoms with E-state index in [1.165, 1.54) is 4.31 Å². The SMILES string of the molecule is COC[C@@H]1C[C@H](OC)CN1S(=O)(=O)c1ccc(N2CCCC2=O)cc1. The molecule has 1 aromatic carbocycles. The lowest BCUT2D eigenvalue weighted by Gasteiger charge is -2.23. The van der Waals surface area contributed by atoms with Crippen LogP contribution in [0.4, 0.5) is 5.69 Å². The minimum absolute atomic E-state index is 0.0817. The van der Waals surface area contributed by atoms with Crippen LogP contribution in [-0.2, 0) is 24.3 Å². The topological polar surface area (TPSA) is 76.2 Å². The number of sulfonamides is 1. The zero-order valence-electron chi connectivity index (χ0n) is 14.6. The molecule has 2 heterocycles. The molecule has 0 aliphatic carbocycles. The van der Waals surface area contributed by atoms with Crippen molar-refractivity contribution in [3.63, 3.8) is 0 Å². The molecule has 2 fully saturated rings. The third kappa shape index (κ3) is 3.57. The van der Waals surface area contributed by atoms with Crippen molar-refractivity contribution in [1.29, 1.82) is 0 Å². The van der Waals surface area contributed by atoms with Gasteiger partial charge in [-0.15, -0.1) is 0 Å². The predicted octanol–water partition coefficient (Wildman–Crippen LogP) is 1.24. The number of anilines is 1. The molecule has 0 bridgehead atoms. The van der Waals surface area contributed by atoms with E-state index in [-0.39, 0.29) is 22.9 Å². The maximum absolute atomic E-state index is 13.0. The maximum Gasteiger partial charge on any atom is 0.243 e. The molecule has 2 atom stereocenters. The van der Waals surface area contributed by atoms with Gasteiger partial charge < -0.3 is 14.4 Å². The Morgan fingerprint density at radius 2 is 1.92 bits per heavy atom. The predicted molar refractivity (Wildman–Crippen MR) is 93.0 cm³/mol. The number of amides is 1. The Bertz CT molecular complexity index is 719. The van der Waals surface area contributed by atoms with Crippen molar-refractivity contribution in [1.82, 2.24) is 4.31 Å². The Morgan fingerprint density at radius 3 is 2.48 bits per heavy atom. The quantitative estimate of drug-likeness (QED) is 0.755. The molecule has 0 spiro atoms. The van der Waals surface area contributed by atoms with Crippen LogP contribution in [0.15, 0.2) is 29.2 Å². The number of carbonyl (C=O) groups is 1. The summed E-state index contributed by atoms with van der Waals surface area (Å²) in [6, 6.07) is 6.30. The van der Waals surface area contributed by atoms with Gasteiger partial charge in [0.05, 0.1) is 23.6 Å². The fraction of sp³-hybridized carbons (Fsp3) is 0.588. The van der Waals surface area contributed by atoms with Crippen LogP contribution in [0, 0.1) is 0 Å². The molecule has 0 N–H and O–H groups in total. The Balaban J connectivity index is 1.82. The molecular weight excluding hydrogens is 344 g/mol. The van der Waals surface area contributed by atoms with E-state index in [0.717, 1.165) is 12.1 Å². The first-order valence-corrected chi connectivity index (χ1v) is 9.85. The molecule has 2 aliphatic heterocycles. The summed E-state index contributed by atoms with van der Waals surface area (Å²) >= 11 is 0. The number of hydrogen-bond donors (Lipinski definition) is 0. The van der Waals surface area contributed by atoms with Crippen LogP contribution in [0.25, 0.3) is 0 Å². The second-order valence-electron chi connectivity index (χ2n) is 6.42. The van der Waals surface area contributed by atoms with Gasteiger partial charge >= 0.3 is 0 Å². The maximum atomic E-state index is 13.0. The first-order valence-electron chi connectivity index (χ1n) is 8.41. The molecule has 0 aromatic heterocycles. The molecule has 2 saturated heterocycles. The van der Waals surface area contributed by atoms with Crippen LogP contribution >= 0.6 is 0 Å². The standard InChI is InChI=1S/C17H24N2O5S/c1-23-12-14-10-15(24-2)11-19(14)25(21,22)16-7-5-13(6-8-16)18-9-3-4-17(18)20/h5-8,14-15H,3-4,9-12H2,1-2H3/t14-,15-/m0/s1. The third-order valence-electron chi connectivity index (χ3n) is 4.85. The zero-order chi connectivity index (χ0) is 18.0. The molecule has 0 unspecified atom stereocenters. The molecule has 0 saturated carbocycles. The molecule has 138 valence electrons. The highest BCUT2D eigenvalue weighted by Gasteiger charge is 2.40. The van der Waals surface area contributed by atoms with Crippen LogP contribution in [0.3, 0.4) is 0 Å². The second-order valence-corrected chi connectivity index (χ2v) is 8.31. The Hall–Kier alpha value is -1.48. The Kier molecular flexibility index (Phi) is 5.43. The molecule has 2 aliphatic rings. The van der Waals surface area contributed by atoms with Gasteiger partial charge in [-0.1, -0.05) is 0 Å². The molecular formula is C17H24N2O5S. The summed E-state index contributed by atoms with van der Waals surface area (Å²) in [4.78, 5) is 13.7. The summed E-state index contributed by atoms with van der Waals surface area (Å²) in [7, 11) is -0.485. The van der Waals surface area contributed by atoms with E-state index in [1.54, 1.807) is 43.4 Å². The van der Waals surface area contributed by atoms with Gasteiger partial charge in [-0.05, 0) is 37.1 Å². The van der Waals surface area contributed by atoms with Gasteiger partial charge in [0, 0.05) is 39.4 Å². The van der Waals surface area contributed by atoms with Crippen molar-refractivity contribution < 1.29 is 22.7 Å². The Labute approximate surface area is 148 Å². The molecule has 1 amide bonds. The van der Waals surface area contributed by atoms with E-state index in [1.807, 2.05) is 0 Å². The van der Waals surface area contributed by atoms with Crippen molar-refractivity contribution in [3.05, 3.63) is 24.3 Å². The number of methoxy groups -OCH3 is 2. The van der Waals surface area contributed by atoms with E-state index >= 15 is 0 Å². The van der Waals surface area contributed by atoms with Crippen LogP contribution in [0.1, 0.15) is 19.3 Å². The average Bonchev–Trinajstić information content (AvgIpc) is 3.22. The molecule has 1 aromatic rings. The fourth-order valence-electron chi connectivity index (χ4n) is 3.51. The Morgan fingerprint density at radius 1 is 1.20 bits per heavy atom. The van der Waals surface area contributed by atoms with Crippen molar-refractivity contribution >= 4 is 21.6 Å². The molecule has 25 heavy (non-hydrogen) atoms. The third-order valence-corrected chi connectivity index (χ3v) is 6.78. The molecule has 7 nitrogen and oxygen atoms in total. The zero-order valence-corrected chi connectivity index (χ0v) is 15.4. The average molecular weight is 368 g/mol. The molecule has 8 heteroatoms. The minimum Gasteiger partial charge on any atom is -0.383 e. The van der Waals surface area contributed by atoms with E-state index in [9.17, 15) is 13.2 Å². The van der Waals surface area contributed by atoms with Crippen molar-refractivity contribution in [2.75, 3.05) is 38.8 Å². The van der Waals surface area contributed by atoms with E-state index in [2.05, 4.69) is 0 Å². The number of benzene rings is 1. The normalized spacial score (nSPS) is 25.0. The summed E-state index contributed by atoms with van der Waals surface area (Å²) in [5.74, 6) is 0.0817. The van der Waals surface area contributed by atoms with Gasteiger partial charge in [-0.2, -0.15) is 4.31 Å². The second kappa shape index (κ2) is 7.41. The van der Waals surface area contributed by atoms with E-state index in [4.69, 9.17) is 9.47 Å². The van der Waals surface area contributed by atoms with Gasteiger partial charge in [-0.3, -0.25) is 4.79 Å². The van der Waals surface area contributed by atoms with Gasteiger partial charge in [0.1, 0.15) is 0 Å². The van der Waals surface area contributed by atoms with Crippen molar-refractivity contribution in [3.8, 4) is 0 Å². The summed E-state index contributed by atoms with van der Waals surface area (Å²) in [5.41, 5.74) is 0.742. The highest BCUT2D eigenvalue weighted by Crippen LogP contribution is 2.29. The summed E-state index contributed by atoms with van der Waals surface area (Å²) < 4.78 is 38.0. The first kappa shape index (κ1) is 18.3. The number of hydrogen-bond acceptors (Lipinski definition) is 5. The van der Waals surface area contributed by atoms with Crippen LogP contribution in [0.2, 0.25) is 0 Å². The van der Waals surface area contributed by atoms with Gasteiger partial charge in [-0.25, -0.2) is 8.42 Å². The van der Waals surface area contributed by atoms with Crippen molar-refractivity contribution in [2.24, 2.45) is 0 Å². The van der Waals surface area contributed by atoms with Crippen LogP contribution < -0.4 is 4.90 Å². The van der Waals surface area contributed by atoms with Gasteiger partial charge in [0.25, 0.3) is 0 Å². The summed E-state index contributed by atoms with van der Waals surface area (Å²) in [5, 5.41) is 0. The minimum atomic E-state index is -3.64. The lowest BCUT2D eigenvalue weighted by atomic mass is 10.2. The smallest absolute Gasteiger partial charge is 0.243 e. The number of nitrogens with zero attached hydrogens (tertiary/aromatic N) is 2. The monoisotopic (exact) mass is 368 g/mol. The number of rotatable bonds is 6. The lowest BCUT2D eigenvalue weighted by Crippen LogP contribution is -2.38. The highest BCUT2D eigenvalue weighted by atomic mass is 32.2. The van der Waals surface area contributed by atoms with Crippen molar-refractivity contribution in [2.45, 2.75) is 36.3 Å². The van der Waals surface area contributed by atoms with Gasteiger partial charge in [0.15, 0.2) is 0 Å². The largest absolute Gasteiger partial charge is 0.383 e. The first-order chi connectivity index (χ1) is 12.0. The number of carbonyl (C=O) groups excluding carboxylic acids is 1. The highest BCUT2D eigenvalue weighted by molar-refractivity contribution is 7.89. The summed E-state index contributed by atoms with van der Waals surface area (Å²) in [6.07, 6.45) is 1.87. The fourth-order valence-corrected chi connectivity index (χ4v) is 5.16. The number of ether oxygens (including phenoxy) is 2. The van der Waals surface area contributed by atoms with E-state index in [0.29, 0.717) is 32.5 Å². The van der Waals surface area contributed by atoms with Gasteiger partial charge in [0.2, 0.25) is 15.9 Å². The van der Waals surface area contributed by atoms with Crippen LogP contribution in [0.5, 0.6) is 0 Å². The van der Waals surface area contributed by atoms with Crippen LogP contribution in [-0.4, -0.2) is 64.7 Å². The molecule has 3 rings (SSSR count). The lowest BCUT2D eigenvalue weighted by molar-refractivity contribution is -0.117. The molecule has 0 radical (unpaired) electrons. The van der Waals surface area contributed by atoms with E-state index < -0.39 is 10.0 Å².